The molecule has 1 heterocycles. The van der Waals surface area contributed by atoms with Crippen LogP contribution in [0.5, 0.6) is 0 Å². The van der Waals surface area contributed by atoms with Crippen LogP contribution in [-0.2, 0) is 23.1 Å². The van der Waals surface area contributed by atoms with Gasteiger partial charge in [0.1, 0.15) is 12.0 Å². The molecule has 2 atom stereocenters. The Morgan fingerprint density at radius 3 is 2.32 bits per heavy atom. The van der Waals surface area contributed by atoms with Gasteiger partial charge in [0.25, 0.3) is 0 Å². The van der Waals surface area contributed by atoms with E-state index in [2.05, 4.69) is 6.92 Å². The largest absolute Gasteiger partial charge is 0.396 e. The van der Waals surface area contributed by atoms with Crippen molar-refractivity contribution >= 4 is 8.56 Å². The predicted molar refractivity (Wildman–Crippen MR) is 75.2 cm³/mol. The Hall–Kier alpha value is 0.0169. The maximum Gasteiger partial charge on any atom is 0.373 e. The number of hydrogen-bond donors (Lipinski definition) is 0. The average molecular weight is 292 g/mol. The van der Waals surface area contributed by atoms with Crippen LogP contribution >= 0.6 is 0 Å². The van der Waals surface area contributed by atoms with E-state index in [0.717, 1.165) is 31.7 Å². The fraction of sp³-hybridized carbons (Fsp3) is 1.00. The monoisotopic (exact) mass is 292 g/mol. The van der Waals surface area contributed by atoms with Gasteiger partial charge in [0, 0.05) is 28.4 Å². The van der Waals surface area contributed by atoms with Crippen molar-refractivity contribution in [2.24, 2.45) is 0 Å². The zero-order chi connectivity index (χ0) is 14.4. The van der Waals surface area contributed by atoms with Crippen molar-refractivity contribution in [3.8, 4) is 0 Å². The van der Waals surface area contributed by atoms with Crippen LogP contribution in [0.1, 0.15) is 32.6 Å². The van der Waals surface area contributed by atoms with Crippen molar-refractivity contribution < 1.29 is 23.1 Å². The van der Waals surface area contributed by atoms with Gasteiger partial charge in [-0.1, -0.05) is 13.3 Å². The van der Waals surface area contributed by atoms with E-state index in [4.69, 9.17) is 23.1 Å². The topological polar surface area (TPSA) is 46.2 Å². The van der Waals surface area contributed by atoms with Gasteiger partial charge in [-0.2, -0.15) is 0 Å². The molecule has 2 unspecified atom stereocenters. The molecule has 1 rings (SSSR count). The highest BCUT2D eigenvalue weighted by Gasteiger charge is 2.63. The van der Waals surface area contributed by atoms with Crippen molar-refractivity contribution in [1.82, 2.24) is 0 Å². The summed E-state index contributed by atoms with van der Waals surface area (Å²) in [7, 11) is 4.39. The van der Waals surface area contributed by atoms with Gasteiger partial charge < -0.3 is 23.1 Å². The highest BCUT2D eigenvalue weighted by Crippen LogP contribution is 2.44. The molecule has 0 spiro atoms. The molecule has 0 aromatic rings. The molecular weight excluding hydrogens is 264 g/mol. The van der Waals surface area contributed by atoms with E-state index in [9.17, 15) is 0 Å². The molecule has 5 nitrogen and oxygen atoms in total. The molecule has 0 radical (unpaired) electrons. The van der Waals surface area contributed by atoms with Crippen molar-refractivity contribution in [2.75, 3.05) is 35.2 Å². The lowest BCUT2D eigenvalue weighted by molar-refractivity contribution is -0.161. The van der Waals surface area contributed by atoms with Gasteiger partial charge in [-0.3, -0.25) is 0 Å². The molecular formula is C13H28O5Si. The Morgan fingerprint density at radius 1 is 1.16 bits per heavy atom. The first-order valence-corrected chi connectivity index (χ1v) is 8.94. The first-order valence-electron chi connectivity index (χ1n) is 6.92. The Kier molecular flexibility index (Phi) is 6.92. The van der Waals surface area contributed by atoms with Crippen molar-refractivity contribution in [3.05, 3.63) is 0 Å². The van der Waals surface area contributed by atoms with Crippen LogP contribution in [0.3, 0.4) is 0 Å². The van der Waals surface area contributed by atoms with Crippen LogP contribution in [0, 0.1) is 0 Å². The van der Waals surface area contributed by atoms with Crippen molar-refractivity contribution in [3.63, 3.8) is 0 Å². The minimum absolute atomic E-state index is 0.0299. The molecule has 1 aliphatic rings. The molecule has 6 heteroatoms. The molecule has 1 saturated heterocycles. The maximum absolute atomic E-state index is 5.96. The molecule has 0 amide bonds. The van der Waals surface area contributed by atoms with Crippen LogP contribution < -0.4 is 0 Å². The summed E-state index contributed by atoms with van der Waals surface area (Å²) in [6, 6.07) is 0.945. The summed E-state index contributed by atoms with van der Waals surface area (Å²) in [5.41, 5.74) is 0. The lowest BCUT2D eigenvalue weighted by Gasteiger charge is -2.51. The highest BCUT2D eigenvalue weighted by atomic mass is 28.4. The van der Waals surface area contributed by atoms with E-state index in [1.165, 1.54) is 0 Å². The van der Waals surface area contributed by atoms with Gasteiger partial charge in [-0.05, 0) is 25.3 Å². The molecule has 1 aliphatic heterocycles. The SMILES string of the molecule is CCCC1(OC)C(OCOC)CCC[Si]1(OC)OC. The zero-order valence-electron chi connectivity index (χ0n) is 12.9. The second-order valence-electron chi connectivity index (χ2n) is 4.96. The summed E-state index contributed by atoms with van der Waals surface area (Å²) in [5.74, 6) is 0. The fourth-order valence-electron chi connectivity index (χ4n) is 3.32. The van der Waals surface area contributed by atoms with E-state index < -0.39 is 13.8 Å². The van der Waals surface area contributed by atoms with Gasteiger partial charge in [0.2, 0.25) is 0 Å². The molecule has 0 aromatic carbocycles. The van der Waals surface area contributed by atoms with Gasteiger partial charge in [0.05, 0.1) is 6.10 Å². The third kappa shape index (κ3) is 3.04. The number of hydrogen-bond acceptors (Lipinski definition) is 5. The van der Waals surface area contributed by atoms with Gasteiger partial charge in [0.15, 0.2) is 0 Å². The normalized spacial score (nSPS) is 30.5. The average Bonchev–Trinajstić information content (AvgIpc) is 2.46. The van der Waals surface area contributed by atoms with E-state index in [1.54, 1.807) is 28.4 Å². The van der Waals surface area contributed by atoms with Gasteiger partial charge >= 0.3 is 8.56 Å². The van der Waals surface area contributed by atoms with Crippen molar-refractivity contribution in [2.45, 2.75) is 50.0 Å². The Bertz CT molecular complexity index is 259. The smallest absolute Gasteiger partial charge is 0.373 e. The van der Waals surface area contributed by atoms with Crippen LogP contribution in [-0.4, -0.2) is 55.1 Å². The third-order valence-corrected chi connectivity index (χ3v) is 8.57. The van der Waals surface area contributed by atoms with Crippen LogP contribution in [0.15, 0.2) is 0 Å². The molecule has 0 bridgehead atoms. The summed E-state index contributed by atoms with van der Waals surface area (Å²) >= 11 is 0. The standard InChI is InChI=1S/C13H28O5Si/c1-6-9-13(15-3)12(18-11-14-2)8-7-10-19(13,16-4)17-5/h12H,6-11H2,1-5H3. The minimum Gasteiger partial charge on any atom is -0.396 e. The molecule has 1 fully saturated rings. The molecule has 0 saturated carbocycles. The Labute approximate surface area is 117 Å². The summed E-state index contributed by atoms with van der Waals surface area (Å²) < 4.78 is 28.6. The van der Waals surface area contributed by atoms with E-state index in [-0.39, 0.29) is 12.9 Å². The van der Waals surface area contributed by atoms with Crippen LogP contribution in [0.25, 0.3) is 0 Å². The summed E-state index contributed by atoms with van der Waals surface area (Å²) in [4.78, 5) is 0. The first kappa shape index (κ1) is 17.1. The summed E-state index contributed by atoms with van der Waals surface area (Å²) in [6.07, 6.45) is 3.85. The van der Waals surface area contributed by atoms with Gasteiger partial charge in [-0.25, -0.2) is 0 Å². The number of ether oxygens (including phenoxy) is 3. The predicted octanol–water partition coefficient (Wildman–Crippen LogP) is 2.23. The third-order valence-electron chi connectivity index (χ3n) is 4.17. The molecule has 0 aromatic heterocycles. The van der Waals surface area contributed by atoms with Crippen LogP contribution in [0.4, 0.5) is 0 Å². The number of rotatable bonds is 8. The second kappa shape index (κ2) is 7.71. The van der Waals surface area contributed by atoms with Crippen molar-refractivity contribution in [1.29, 1.82) is 0 Å². The zero-order valence-corrected chi connectivity index (χ0v) is 13.9. The quantitative estimate of drug-likeness (QED) is 0.507. The number of methoxy groups -OCH3 is 2. The minimum atomic E-state index is -2.45. The summed E-state index contributed by atoms with van der Waals surface area (Å²) in [5, 5.41) is -0.456. The Morgan fingerprint density at radius 2 is 1.84 bits per heavy atom. The molecule has 114 valence electrons. The first-order chi connectivity index (χ1) is 9.16. The van der Waals surface area contributed by atoms with E-state index >= 15 is 0 Å². The summed E-state index contributed by atoms with van der Waals surface area (Å²) in [6.45, 7) is 2.42. The lowest BCUT2D eigenvalue weighted by atomic mass is 10.0. The Balaban J connectivity index is 3.08. The van der Waals surface area contributed by atoms with Gasteiger partial charge in [-0.15, -0.1) is 0 Å². The molecule has 0 aliphatic carbocycles. The fourth-order valence-corrected chi connectivity index (χ4v) is 7.34. The lowest BCUT2D eigenvalue weighted by Crippen LogP contribution is -2.71. The molecule has 19 heavy (non-hydrogen) atoms. The second-order valence-corrected chi connectivity index (χ2v) is 8.63. The van der Waals surface area contributed by atoms with E-state index in [1.807, 2.05) is 0 Å². The maximum atomic E-state index is 5.96. The van der Waals surface area contributed by atoms with E-state index in [0.29, 0.717) is 0 Å². The highest BCUT2D eigenvalue weighted by molar-refractivity contribution is 6.71. The van der Waals surface area contributed by atoms with Crippen LogP contribution in [0.2, 0.25) is 6.04 Å². The molecule has 0 N–H and O–H groups in total.